The van der Waals surface area contributed by atoms with Gasteiger partial charge in [0.15, 0.2) is 0 Å². The highest BCUT2D eigenvalue weighted by Crippen LogP contribution is 2.30. The van der Waals surface area contributed by atoms with E-state index in [1.165, 1.54) is 48.9 Å². The van der Waals surface area contributed by atoms with Crippen molar-refractivity contribution in [1.29, 1.82) is 0 Å². The molecule has 0 aliphatic carbocycles. The Morgan fingerprint density at radius 2 is 1.79 bits per heavy atom. The largest absolute Gasteiger partial charge is 0.416 e. The molecule has 2 aromatic heterocycles. The normalized spacial score (nSPS) is 12.2. The number of benzene rings is 1. The van der Waals surface area contributed by atoms with E-state index in [2.05, 4.69) is 20.3 Å². The minimum Gasteiger partial charge on any atom is -0.348 e. The number of halogens is 3. The molecule has 12 heteroatoms. The molecule has 8 nitrogen and oxygen atoms in total. The average Bonchev–Trinajstić information content (AvgIpc) is 2.81. The van der Waals surface area contributed by atoms with E-state index in [1.807, 2.05) is 0 Å². The fourth-order valence-corrected chi connectivity index (χ4v) is 4.59. The highest BCUT2D eigenvalue weighted by molar-refractivity contribution is 7.89. The van der Waals surface area contributed by atoms with Crippen molar-refractivity contribution in [2.24, 2.45) is 0 Å². The molecule has 0 radical (unpaired) electrons. The van der Waals surface area contributed by atoms with Gasteiger partial charge in [-0.2, -0.15) is 17.5 Å². The summed E-state index contributed by atoms with van der Waals surface area (Å²) in [5, 5.41) is 2.58. The van der Waals surface area contributed by atoms with Gasteiger partial charge in [-0.25, -0.2) is 18.4 Å². The maximum Gasteiger partial charge on any atom is 0.416 e. The third-order valence-corrected chi connectivity index (χ3v) is 6.78. The van der Waals surface area contributed by atoms with Gasteiger partial charge in [-0.05, 0) is 44.2 Å². The smallest absolute Gasteiger partial charge is 0.348 e. The van der Waals surface area contributed by atoms with Gasteiger partial charge in [0, 0.05) is 30.2 Å². The third kappa shape index (κ3) is 6.14. The van der Waals surface area contributed by atoms with Crippen molar-refractivity contribution in [3.63, 3.8) is 0 Å². The highest BCUT2D eigenvalue weighted by Gasteiger charge is 2.30. The zero-order valence-electron chi connectivity index (χ0n) is 18.3. The minimum absolute atomic E-state index is 0.0240. The Morgan fingerprint density at radius 3 is 2.38 bits per heavy atom. The second-order valence-electron chi connectivity index (χ2n) is 7.54. The second kappa shape index (κ2) is 10.3. The maximum atomic E-state index is 12.9. The molecular weight excluding hydrogens is 471 g/mol. The van der Waals surface area contributed by atoms with Crippen LogP contribution in [0.5, 0.6) is 0 Å². The summed E-state index contributed by atoms with van der Waals surface area (Å²) in [5.74, 6) is -0.346. The summed E-state index contributed by atoms with van der Waals surface area (Å²) in [7, 11) is -3.94. The molecule has 0 saturated carbocycles. The van der Waals surface area contributed by atoms with Gasteiger partial charge in [0.2, 0.25) is 15.9 Å². The molecule has 0 atom stereocenters. The predicted molar refractivity (Wildman–Crippen MR) is 118 cm³/mol. The van der Waals surface area contributed by atoms with Crippen molar-refractivity contribution in [3.05, 3.63) is 72.4 Å². The Morgan fingerprint density at radius 1 is 1.09 bits per heavy atom. The molecule has 0 saturated heterocycles. The first kappa shape index (κ1) is 25.2. The number of aromatic nitrogens is 3. The number of alkyl halides is 3. The van der Waals surface area contributed by atoms with Crippen LogP contribution in [0.1, 0.15) is 25.2 Å². The molecule has 0 aliphatic heterocycles. The van der Waals surface area contributed by atoms with E-state index >= 15 is 0 Å². The Hall–Kier alpha value is -3.38. The summed E-state index contributed by atoms with van der Waals surface area (Å²) in [5.41, 5.74) is 0.0706. The lowest BCUT2D eigenvalue weighted by Gasteiger charge is -2.25. The van der Waals surface area contributed by atoms with Gasteiger partial charge >= 0.3 is 6.18 Å². The first-order valence-electron chi connectivity index (χ1n) is 10.2. The summed E-state index contributed by atoms with van der Waals surface area (Å²) < 4.78 is 65.1. The number of nitrogens with one attached hydrogen (secondary N) is 1. The van der Waals surface area contributed by atoms with Crippen LogP contribution < -0.4 is 5.32 Å². The number of amides is 1. The van der Waals surface area contributed by atoms with Gasteiger partial charge in [-0.15, -0.1) is 0 Å². The van der Waals surface area contributed by atoms with Crippen LogP contribution in [0, 0.1) is 0 Å². The van der Waals surface area contributed by atoms with E-state index in [9.17, 15) is 26.4 Å². The van der Waals surface area contributed by atoms with Crippen LogP contribution in [0.2, 0.25) is 0 Å². The van der Waals surface area contributed by atoms with E-state index in [0.29, 0.717) is 11.3 Å². The van der Waals surface area contributed by atoms with Crippen molar-refractivity contribution >= 4 is 15.9 Å². The summed E-state index contributed by atoms with van der Waals surface area (Å²) in [4.78, 5) is 24.6. The molecule has 2 heterocycles. The Labute approximate surface area is 194 Å². The monoisotopic (exact) mass is 493 g/mol. The van der Waals surface area contributed by atoms with Crippen LogP contribution in [-0.2, 0) is 27.5 Å². The van der Waals surface area contributed by atoms with Crippen molar-refractivity contribution in [1.82, 2.24) is 24.6 Å². The van der Waals surface area contributed by atoms with Crippen LogP contribution in [0.3, 0.4) is 0 Å². The number of hydrogen-bond donors (Lipinski definition) is 1. The van der Waals surface area contributed by atoms with Gasteiger partial charge < -0.3 is 5.32 Å². The zero-order chi connectivity index (χ0) is 24.9. The first-order valence-corrected chi connectivity index (χ1v) is 11.6. The van der Waals surface area contributed by atoms with Crippen LogP contribution in [0.4, 0.5) is 13.2 Å². The van der Waals surface area contributed by atoms with Crippen molar-refractivity contribution in [3.8, 4) is 11.3 Å². The van der Waals surface area contributed by atoms with Crippen molar-refractivity contribution in [2.75, 3.05) is 6.54 Å². The lowest BCUT2D eigenvalue weighted by molar-refractivity contribution is -0.137. The molecule has 0 bridgehead atoms. The molecule has 0 aliphatic rings. The molecule has 1 amide bonds. The zero-order valence-corrected chi connectivity index (χ0v) is 19.1. The van der Waals surface area contributed by atoms with Gasteiger partial charge in [0.05, 0.1) is 24.3 Å². The Bertz CT molecular complexity index is 1230. The number of sulfonamides is 1. The van der Waals surface area contributed by atoms with Gasteiger partial charge in [0.1, 0.15) is 10.7 Å². The number of carbonyl (C=O) groups is 1. The SMILES string of the molecule is CC(C)N(CC(=O)NCc1nccc(-c2ccc(C(F)(F)F)cc2)n1)S(=O)(=O)c1cccnc1. The van der Waals surface area contributed by atoms with E-state index in [1.54, 1.807) is 13.8 Å². The molecule has 0 fully saturated rings. The summed E-state index contributed by atoms with van der Waals surface area (Å²) >= 11 is 0. The summed E-state index contributed by atoms with van der Waals surface area (Å²) in [6, 6.07) is 8.46. The van der Waals surface area contributed by atoms with Gasteiger partial charge in [0.25, 0.3) is 0 Å². The second-order valence-corrected chi connectivity index (χ2v) is 9.43. The molecule has 3 aromatic rings. The summed E-state index contributed by atoms with van der Waals surface area (Å²) in [6.07, 6.45) is -0.351. The van der Waals surface area contributed by atoms with E-state index in [-0.39, 0.29) is 17.3 Å². The van der Waals surface area contributed by atoms with Gasteiger partial charge in [-0.3, -0.25) is 9.78 Å². The topological polar surface area (TPSA) is 105 Å². The molecular formula is C22H22F3N5O3S. The number of rotatable bonds is 8. The molecule has 34 heavy (non-hydrogen) atoms. The summed E-state index contributed by atoms with van der Waals surface area (Å²) in [6.45, 7) is 2.79. The fourth-order valence-electron chi connectivity index (χ4n) is 3.03. The number of carbonyl (C=O) groups excluding carboxylic acids is 1. The molecule has 0 spiro atoms. The number of hydrogen-bond acceptors (Lipinski definition) is 6. The molecule has 3 rings (SSSR count). The van der Waals surface area contributed by atoms with E-state index in [0.717, 1.165) is 16.4 Å². The quantitative estimate of drug-likeness (QED) is 0.517. The lowest BCUT2D eigenvalue weighted by Crippen LogP contribution is -2.44. The standard InChI is InChI=1S/C22H22F3N5O3S/c1-15(2)30(34(32,33)18-4-3-10-26-12-18)14-21(31)28-13-20-27-11-9-19(29-20)16-5-7-17(8-6-16)22(23,24)25/h3-12,15H,13-14H2,1-2H3,(H,28,31). The van der Waals surface area contributed by atoms with Crippen LogP contribution in [0.15, 0.2) is 66.0 Å². The maximum absolute atomic E-state index is 12.9. The predicted octanol–water partition coefficient (Wildman–Crippen LogP) is 3.27. The molecule has 180 valence electrons. The molecule has 0 unspecified atom stereocenters. The molecule has 1 N–H and O–H groups in total. The minimum atomic E-state index is -4.44. The van der Waals surface area contributed by atoms with Crippen molar-refractivity contribution in [2.45, 2.75) is 37.5 Å². The Balaban J connectivity index is 1.68. The van der Waals surface area contributed by atoms with Crippen LogP contribution >= 0.6 is 0 Å². The fraction of sp³-hybridized carbons (Fsp3) is 0.273. The van der Waals surface area contributed by atoms with E-state index < -0.39 is 40.3 Å². The van der Waals surface area contributed by atoms with Crippen LogP contribution in [-0.4, -0.2) is 46.2 Å². The Kier molecular flexibility index (Phi) is 7.62. The van der Waals surface area contributed by atoms with Crippen LogP contribution in [0.25, 0.3) is 11.3 Å². The first-order chi connectivity index (χ1) is 16.0. The van der Waals surface area contributed by atoms with Crippen molar-refractivity contribution < 1.29 is 26.4 Å². The third-order valence-electron chi connectivity index (χ3n) is 4.77. The molecule has 1 aromatic carbocycles. The van der Waals surface area contributed by atoms with E-state index in [4.69, 9.17) is 0 Å². The highest BCUT2D eigenvalue weighted by atomic mass is 32.2. The average molecular weight is 494 g/mol. The van der Waals surface area contributed by atoms with Gasteiger partial charge in [-0.1, -0.05) is 12.1 Å². The lowest BCUT2D eigenvalue weighted by atomic mass is 10.1. The number of pyridine rings is 1. The number of nitrogens with zero attached hydrogens (tertiary/aromatic N) is 4.